The number of halogens is 1. The van der Waals surface area contributed by atoms with Crippen molar-refractivity contribution in [3.05, 3.63) is 28.2 Å². The number of nitrogens with one attached hydrogen (secondary N) is 1. The van der Waals surface area contributed by atoms with Crippen molar-refractivity contribution in [2.24, 2.45) is 0 Å². The van der Waals surface area contributed by atoms with Crippen molar-refractivity contribution in [1.29, 1.82) is 0 Å². The summed E-state index contributed by atoms with van der Waals surface area (Å²) >= 11 is 3.41. The second-order valence-electron chi connectivity index (χ2n) is 5.46. The number of alkyl carbamates (subject to hydrolysis) is 1. The van der Waals surface area contributed by atoms with Crippen molar-refractivity contribution in [3.8, 4) is 5.75 Å². The second kappa shape index (κ2) is 7.53. The number of carbonyl (C=O) groups excluding carboxylic acids is 1. The molecule has 0 radical (unpaired) electrons. The fraction of sp³-hybridized carbons (Fsp3) is 0.533. The van der Waals surface area contributed by atoms with Crippen LogP contribution in [0.5, 0.6) is 5.75 Å². The average Bonchev–Trinajstić information content (AvgIpc) is 2.37. The van der Waals surface area contributed by atoms with Crippen molar-refractivity contribution in [1.82, 2.24) is 5.32 Å². The van der Waals surface area contributed by atoms with Crippen molar-refractivity contribution in [2.75, 3.05) is 13.7 Å². The molecule has 1 aliphatic heterocycles. The zero-order valence-corrected chi connectivity index (χ0v) is 14.0. The fourth-order valence-corrected chi connectivity index (χ4v) is 1.98. The molecule has 1 aliphatic rings. The first-order valence-corrected chi connectivity index (χ1v) is 7.43. The Morgan fingerprint density at radius 1 is 1.40 bits per heavy atom. The van der Waals surface area contributed by atoms with E-state index in [4.69, 9.17) is 9.47 Å². The number of benzene rings is 1. The highest BCUT2D eigenvalue weighted by atomic mass is 79.9. The van der Waals surface area contributed by atoms with Crippen molar-refractivity contribution in [3.63, 3.8) is 0 Å². The van der Waals surface area contributed by atoms with E-state index in [2.05, 4.69) is 33.4 Å². The molecule has 5 heteroatoms. The molecule has 0 unspecified atom stereocenters. The summed E-state index contributed by atoms with van der Waals surface area (Å²) in [5.41, 5.74) is 0.944. The quantitative estimate of drug-likeness (QED) is 0.776. The topological polar surface area (TPSA) is 47.6 Å². The van der Waals surface area contributed by atoms with Gasteiger partial charge in [-0.25, -0.2) is 4.79 Å². The largest absolute Gasteiger partial charge is 0.493 e. The molecule has 0 aromatic heterocycles. The maximum Gasteiger partial charge on any atom is 0.407 e. The van der Waals surface area contributed by atoms with Crippen LogP contribution in [0.15, 0.2) is 22.7 Å². The summed E-state index contributed by atoms with van der Waals surface area (Å²) in [7, 11) is 1.54. The number of fused-ring (bicyclic) bond motifs is 1. The van der Waals surface area contributed by atoms with Gasteiger partial charge in [0.05, 0.1) is 6.61 Å². The molecular weight excluding hydrogens is 322 g/mol. The van der Waals surface area contributed by atoms with Gasteiger partial charge in [-0.15, -0.1) is 0 Å². The molecule has 0 saturated heterocycles. The second-order valence-corrected chi connectivity index (χ2v) is 6.37. The Bertz CT molecular complexity index is 455. The van der Waals surface area contributed by atoms with Gasteiger partial charge < -0.3 is 14.8 Å². The summed E-state index contributed by atoms with van der Waals surface area (Å²) in [6.07, 6.45) is 1.92. The molecule has 20 heavy (non-hydrogen) atoms. The van der Waals surface area contributed by atoms with E-state index in [1.807, 2.05) is 26.8 Å². The Kier molecular flexibility index (Phi) is 6.33. The van der Waals surface area contributed by atoms with E-state index >= 15 is 0 Å². The summed E-state index contributed by atoms with van der Waals surface area (Å²) in [6, 6.07) is 6.22. The molecule has 2 rings (SSSR count). The van der Waals surface area contributed by atoms with Gasteiger partial charge >= 0.3 is 6.09 Å². The molecule has 1 aromatic carbocycles. The van der Waals surface area contributed by atoms with Gasteiger partial charge in [0.25, 0.3) is 0 Å². The Labute approximate surface area is 129 Å². The van der Waals surface area contributed by atoms with Gasteiger partial charge in [-0.05, 0) is 51.3 Å². The lowest BCUT2D eigenvalue weighted by molar-refractivity contribution is 0.0541. The fourth-order valence-electron chi connectivity index (χ4n) is 1.64. The van der Waals surface area contributed by atoms with Gasteiger partial charge in [0, 0.05) is 11.5 Å². The van der Waals surface area contributed by atoms with Crippen LogP contribution in [0.1, 0.15) is 32.8 Å². The maximum absolute atomic E-state index is 10.5. The third-order valence-corrected chi connectivity index (χ3v) is 2.97. The summed E-state index contributed by atoms with van der Waals surface area (Å²) in [5, 5.41) is 2.36. The van der Waals surface area contributed by atoms with Crippen molar-refractivity contribution >= 4 is 22.0 Å². The number of amides is 1. The number of carbonyl (C=O) groups is 1. The zero-order valence-electron chi connectivity index (χ0n) is 12.5. The van der Waals surface area contributed by atoms with Crippen molar-refractivity contribution in [2.45, 2.75) is 39.2 Å². The van der Waals surface area contributed by atoms with E-state index in [0.717, 1.165) is 29.7 Å². The molecule has 0 atom stereocenters. The van der Waals surface area contributed by atoms with Gasteiger partial charge in [0.2, 0.25) is 0 Å². The average molecular weight is 344 g/mol. The molecule has 0 fully saturated rings. The minimum absolute atomic E-state index is 0.387. The molecular formula is C15H22BrNO3. The lowest BCUT2D eigenvalue weighted by Gasteiger charge is -2.18. The monoisotopic (exact) mass is 343 g/mol. The third-order valence-electron chi connectivity index (χ3n) is 2.48. The predicted octanol–water partition coefficient (Wildman–Crippen LogP) is 3.92. The minimum Gasteiger partial charge on any atom is -0.493 e. The third kappa shape index (κ3) is 6.28. The van der Waals surface area contributed by atoms with E-state index < -0.39 is 0 Å². The van der Waals surface area contributed by atoms with Gasteiger partial charge in [-0.1, -0.05) is 22.0 Å². The summed E-state index contributed by atoms with van der Waals surface area (Å²) < 4.78 is 11.4. The molecule has 1 aromatic rings. The lowest BCUT2D eigenvalue weighted by atomic mass is 10.1. The molecule has 0 saturated carbocycles. The summed E-state index contributed by atoms with van der Waals surface area (Å²) in [4.78, 5) is 10.5. The molecule has 1 heterocycles. The maximum atomic E-state index is 10.5. The van der Waals surface area contributed by atoms with Crippen LogP contribution < -0.4 is 10.1 Å². The van der Waals surface area contributed by atoms with Crippen LogP contribution in [0.4, 0.5) is 4.79 Å². The van der Waals surface area contributed by atoms with Gasteiger partial charge in [-0.2, -0.15) is 0 Å². The highest BCUT2D eigenvalue weighted by Gasteiger charge is 2.14. The standard InChI is InChI=1S/C9H9BrO.C6H13NO2/c10-8-4-3-7-2-1-5-11-9(7)6-8;1-6(2,3)9-5(8)7-4/h3-4,6H,1-2,5H2;1-4H3,(H,7,8). The SMILES string of the molecule is Brc1ccc2c(c1)OCCC2.CNC(=O)OC(C)(C)C. The van der Waals surface area contributed by atoms with Gasteiger partial charge in [-0.3, -0.25) is 0 Å². The minimum atomic E-state index is -0.389. The first kappa shape index (κ1) is 16.8. The normalized spacial score (nSPS) is 13.2. The summed E-state index contributed by atoms with van der Waals surface area (Å²) in [5.74, 6) is 1.05. The summed E-state index contributed by atoms with van der Waals surface area (Å²) in [6.45, 7) is 6.33. The lowest BCUT2D eigenvalue weighted by Crippen LogP contribution is -2.30. The van der Waals surface area contributed by atoms with E-state index in [-0.39, 0.29) is 11.7 Å². The molecule has 0 aliphatic carbocycles. The van der Waals surface area contributed by atoms with Crippen LogP contribution in [0.2, 0.25) is 0 Å². The van der Waals surface area contributed by atoms with E-state index in [1.54, 1.807) is 0 Å². The first-order valence-electron chi connectivity index (χ1n) is 6.64. The molecule has 0 bridgehead atoms. The Morgan fingerprint density at radius 3 is 2.65 bits per heavy atom. The number of ether oxygens (including phenoxy) is 2. The molecule has 112 valence electrons. The van der Waals surface area contributed by atoms with Gasteiger partial charge in [0.1, 0.15) is 11.4 Å². The van der Waals surface area contributed by atoms with E-state index in [1.165, 1.54) is 12.6 Å². The number of rotatable bonds is 0. The number of aryl methyl sites for hydroxylation is 1. The van der Waals surface area contributed by atoms with Crippen LogP contribution >= 0.6 is 15.9 Å². The van der Waals surface area contributed by atoms with Crippen LogP contribution in [-0.2, 0) is 11.2 Å². The van der Waals surface area contributed by atoms with E-state index in [9.17, 15) is 4.79 Å². The van der Waals surface area contributed by atoms with Crippen LogP contribution in [0.3, 0.4) is 0 Å². The highest BCUT2D eigenvalue weighted by molar-refractivity contribution is 9.10. The number of hydrogen-bond acceptors (Lipinski definition) is 3. The Hall–Kier alpha value is -1.23. The van der Waals surface area contributed by atoms with Crippen LogP contribution in [-0.4, -0.2) is 25.3 Å². The zero-order chi connectivity index (χ0) is 15.2. The van der Waals surface area contributed by atoms with E-state index in [0.29, 0.717) is 0 Å². The Morgan fingerprint density at radius 2 is 2.10 bits per heavy atom. The Balaban J connectivity index is 0.000000206. The smallest absolute Gasteiger partial charge is 0.407 e. The molecule has 0 spiro atoms. The van der Waals surface area contributed by atoms with Crippen LogP contribution in [0, 0.1) is 0 Å². The molecule has 1 amide bonds. The molecule has 1 N–H and O–H groups in total. The molecule has 4 nitrogen and oxygen atoms in total. The van der Waals surface area contributed by atoms with Gasteiger partial charge in [0.15, 0.2) is 0 Å². The highest BCUT2D eigenvalue weighted by Crippen LogP contribution is 2.27. The van der Waals surface area contributed by atoms with Crippen molar-refractivity contribution < 1.29 is 14.3 Å². The number of hydrogen-bond donors (Lipinski definition) is 1. The predicted molar refractivity (Wildman–Crippen MR) is 83.3 cm³/mol. The first-order chi connectivity index (χ1) is 9.31. The van der Waals surface area contributed by atoms with Crippen LogP contribution in [0.25, 0.3) is 0 Å².